The molecule has 3 heteroatoms. The zero-order valence-corrected chi connectivity index (χ0v) is 15.4. The number of anilines is 1. The highest BCUT2D eigenvalue weighted by Crippen LogP contribution is 2.22. The molecule has 0 spiro atoms. The zero-order chi connectivity index (χ0) is 17.4. The first-order chi connectivity index (χ1) is 11.6. The predicted molar refractivity (Wildman–Crippen MR) is 103 cm³/mol. The van der Waals surface area contributed by atoms with Crippen LogP contribution >= 0.6 is 0 Å². The van der Waals surface area contributed by atoms with Gasteiger partial charge in [-0.3, -0.25) is 0 Å². The Balaban J connectivity index is 1.97. The van der Waals surface area contributed by atoms with Crippen molar-refractivity contribution in [3.05, 3.63) is 59.7 Å². The van der Waals surface area contributed by atoms with E-state index in [9.17, 15) is 0 Å². The second kappa shape index (κ2) is 9.33. The molecule has 0 atom stereocenters. The molecule has 0 aliphatic carbocycles. The molecule has 0 aliphatic heterocycles. The summed E-state index contributed by atoms with van der Waals surface area (Å²) in [5.74, 6) is 0.902. The summed E-state index contributed by atoms with van der Waals surface area (Å²) in [6, 6.07) is 17.8. The first-order valence-electron chi connectivity index (χ1n) is 8.82. The van der Waals surface area contributed by atoms with Crippen molar-refractivity contribution in [3.63, 3.8) is 0 Å². The van der Waals surface area contributed by atoms with E-state index in [2.05, 4.69) is 67.4 Å². The summed E-state index contributed by atoms with van der Waals surface area (Å²) in [4.78, 5) is 2.36. The Kier molecular flexibility index (Phi) is 7.13. The molecule has 3 nitrogen and oxygen atoms in total. The minimum absolute atomic E-state index is 0.547. The van der Waals surface area contributed by atoms with Gasteiger partial charge in [-0.2, -0.15) is 0 Å². The molecule has 0 aliphatic rings. The number of ether oxygens (including phenoxy) is 1. The van der Waals surface area contributed by atoms with Gasteiger partial charge in [0.25, 0.3) is 0 Å². The van der Waals surface area contributed by atoms with E-state index in [-0.39, 0.29) is 0 Å². The van der Waals surface area contributed by atoms with E-state index in [0.717, 1.165) is 31.8 Å². The van der Waals surface area contributed by atoms with Gasteiger partial charge in [-0.15, -0.1) is 0 Å². The van der Waals surface area contributed by atoms with Crippen LogP contribution in [0.5, 0.6) is 5.75 Å². The molecule has 0 aromatic heterocycles. The van der Waals surface area contributed by atoms with Crippen molar-refractivity contribution < 1.29 is 4.74 Å². The molecule has 0 saturated carbocycles. The van der Waals surface area contributed by atoms with E-state index in [1.807, 2.05) is 12.1 Å². The smallest absolute Gasteiger partial charge is 0.120 e. The topological polar surface area (TPSA) is 24.5 Å². The third kappa shape index (κ3) is 5.57. The Morgan fingerprint density at radius 3 is 2.38 bits per heavy atom. The second-order valence-electron chi connectivity index (χ2n) is 6.39. The summed E-state index contributed by atoms with van der Waals surface area (Å²) in [6.07, 6.45) is 1.08. The van der Waals surface area contributed by atoms with Crippen molar-refractivity contribution in [1.82, 2.24) is 5.32 Å². The molecule has 2 aromatic carbocycles. The van der Waals surface area contributed by atoms with Gasteiger partial charge in [0.1, 0.15) is 5.75 Å². The van der Waals surface area contributed by atoms with E-state index in [4.69, 9.17) is 4.74 Å². The number of nitrogens with one attached hydrogen (secondary N) is 1. The van der Waals surface area contributed by atoms with E-state index >= 15 is 0 Å². The van der Waals surface area contributed by atoms with Crippen LogP contribution in [0.15, 0.2) is 48.5 Å². The molecule has 2 rings (SSSR count). The number of benzene rings is 2. The SMILES string of the molecule is CCN(Cc1ccc(CCNC(C)C)cc1)c1cccc(OC)c1. The van der Waals surface area contributed by atoms with Crippen LogP contribution in [0.25, 0.3) is 0 Å². The van der Waals surface area contributed by atoms with Gasteiger partial charge in [0, 0.05) is 30.9 Å². The maximum atomic E-state index is 5.34. The average molecular weight is 326 g/mol. The van der Waals surface area contributed by atoms with Gasteiger partial charge in [-0.25, -0.2) is 0 Å². The standard InChI is InChI=1S/C21H30N2O/c1-5-23(20-7-6-8-21(15-20)24-4)16-19-11-9-18(10-12-19)13-14-22-17(2)3/h6-12,15,17,22H,5,13-14,16H2,1-4H3. The van der Waals surface area contributed by atoms with Crippen LogP contribution < -0.4 is 15.0 Å². The van der Waals surface area contributed by atoms with Crippen molar-refractivity contribution in [2.45, 2.75) is 39.8 Å². The lowest BCUT2D eigenvalue weighted by atomic mass is 10.1. The Hall–Kier alpha value is -2.00. The largest absolute Gasteiger partial charge is 0.497 e. The number of rotatable bonds is 9. The molecule has 2 aromatic rings. The maximum Gasteiger partial charge on any atom is 0.120 e. The molecule has 0 heterocycles. The fourth-order valence-corrected chi connectivity index (χ4v) is 2.73. The van der Waals surface area contributed by atoms with Crippen LogP contribution in [-0.2, 0) is 13.0 Å². The molecular weight excluding hydrogens is 296 g/mol. The molecule has 1 N–H and O–H groups in total. The van der Waals surface area contributed by atoms with Gasteiger partial charge in [0.15, 0.2) is 0 Å². The molecule has 24 heavy (non-hydrogen) atoms. The van der Waals surface area contributed by atoms with Crippen LogP contribution in [0.4, 0.5) is 5.69 Å². The summed E-state index contributed by atoms with van der Waals surface area (Å²) in [7, 11) is 1.71. The van der Waals surface area contributed by atoms with Crippen LogP contribution in [0, 0.1) is 0 Å². The van der Waals surface area contributed by atoms with Crippen molar-refractivity contribution in [1.29, 1.82) is 0 Å². The van der Waals surface area contributed by atoms with Crippen molar-refractivity contribution in [2.24, 2.45) is 0 Å². The van der Waals surface area contributed by atoms with Crippen LogP contribution in [0.1, 0.15) is 31.9 Å². The van der Waals surface area contributed by atoms with Gasteiger partial charge >= 0.3 is 0 Å². The molecule has 0 fully saturated rings. The van der Waals surface area contributed by atoms with Gasteiger partial charge in [0.2, 0.25) is 0 Å². The highest BCUT2D eigenvalue weighted by Gasteiger charge is 2.07. The quantitative estimate of drug-likeness (QED) is 0.745. The normalized spacial score (nSPS) is 10.9. The first-order valence-corrected chi connectivity index (χ1v) is 8.82. The lowest BCUT2D eigenvalue weighted by Crippen LogP contribution is -2.25. The van der Waals surface area contributed by atoms with Crippen LogP contribution in [0.3, 0.4) is 0 Å². The van der Waals surface area contributed by atoms with Crippen molar-refractivity contribution in [2.75, 3.05) is 25.1 Å². The maximum absolute atomic E-state index is 5.34. The van der Waals surface area contributed by atoms with Gasteiger partial charge in [-0.1, -0.05) is 44.2 Å². The zero-order valence-electron chi connectivity index (χ0n) is 15.4. The second-order valence-corrected chi connectivity index (χ2v) is 6.39. The molecule has 0 radical (unpaired) electrons. The molecule has 130 valence electrons. The van der Waals surface area contributed by atoms with E-state index in [1.165, 1.54) is 16.8 Å². The number of hydrogen-bond donors (Lipinski definition) is 1. The van der Waals surface area contributed by atoms with Crippen molar-refractivity contribution in [3.8, 4) is 5.75 Å². The Morgan fingerprint density at radius 2 is 1.75 bits per heavy atom. The van der Waals surface area contributed by atoms with E-state index in [0.29, 0.717) is 6.04 Å². The number of hydrogen-bond acceptors (Lipinski definition) is 3. The summed E-state index contributed by atoms with van der Waals surface area (Å²) in [6.45, 7) is 9.46. The average Bonchev–Trinajstić information content (AvgIpc) is 2.60. The minimum Gasteiger partial charge on any atom is -0.497 e. The predicted octanol–water partition coefficient (Wildman–Crippen LogP) is 4.26. The van der Waals surface area contributed by atoms with Crippen LogP contribution in [-0.4, -0.2) is 26.2 Å². The van der Waals surface area contributed by atoms with Crippen LogP contribution in [0.2, 0.25) is 0 Å². The highest BCUT2D eigenvalue weighted by molar-refractivity contribution is 5.51. The Morgan fingerprint density at radius 1 is 1.04 bits per heavy atom. The molecule has 0 amide bonds. The number of methoxy groups -OCH3 is 1. The number of nitrogens with zero attached hydrogens (tertiary/aromatic N) is 1. The van der Waals surface area contributed by atoms with Gasteiger partial charge < -0.3 is 15.0 Å². The van der Waals surface area contributed by atoms with E-state index in [1.54, 1.807) is 7.11 Å². The Labute approximate surface area is 146 Å². The fourth-order valence-electron chi connectivity index (χ4n) is 2.73. The van der Waals surface area contributed by atoms with Crippen molar-refractivity contribution >= 4 is 5.69 Å². The third-order valence-corrected chi connectivity index (χ3v) is 4.16. The monoisotopic (exact) mass is 326 g/mol. The molecule has 0 bridgehead atoms. The van der Waals surface area contributed by atoms with Gasteiger partial charge in [0.05, 0.1) is 7.11 Å². The Bertz CT molecular complexity index is 607. The molecule has 0 saturated heterocycles. The van der Waals surface area contributed by atoms with E-state index < -0.39 is 0 Å². The summed E-state index contributed by atoms with van der Waals surface area (Å²) < 4.78 is 5.34. The molecule has 0 unspecified atom stereocenters. The third-order valence-electron chi connectivity index (χ3n) is 4.16. The first kappa shape index (κ1) is 18.3. The van der Waals surface area contributed by atoms with Gasteiger partial charge in [-0.05, 0) is 43.1 Å². The minimum atomic E-state index is 0.547. The summed E-state index contributed by atoms with van der Waals surface area (Å²) >= 11 is 0. The highest BCUT2D eigenvalue weighted by atomic mass is 16.5. The lowest BCUT2D eigenvalue weighted by Gasteiger charge is -2.24. The molecular formula is C21H30N2O. The summed E-state index contributed by atoms with van der Waals surface area (Å²) in [5, 5.41) is 3.46. The lowest BCUT2D eigenvalue weighted by molar-refractivity contribution is 0.415. The fraction of sp³-hybridized carbons (Fsp3) is 0.429. The summed E-state index contributed by atoms with van der Waals surface area (Å²) in [5.41, 5.74) is 3.92.